The summed E-state index contributed by atoms with van der Waals surface area (Å²) in [6, 6.07) is 8.00. The molecular formula is C15H20N4O2. The fraction of sp³-hybridized carbons (Fsp3) is 0.467. The number of para-hydroxylation sites is 1. The number of morpholine rings is 1. The third kappa shape index (κ3) is 2.97. The second-order valence-electron chi connectivity index (χ2n) is 5.46. The van der Waals surface area contributed by atoms with Gasteiger partial charge in [-0.25, -0.2) is 9.97 Å². The Morgan fingerprint density at radius 3 is 3.00 bits per heavy atom. The van der Waals surface area contributed by atoms with Gasteiger partial charge in [0.15, 0.2) is 0 Å². The second-order valence-corrected chi connectivity index (χ2v) is 5.46. The zero-order chi connectivity index (χ0) is 14.8. The molecule has 1 saturated heterocycles. The summed E-state index contributed by atoms with van der Waals surface area (Å²) in [7, 11) is 0. The maximum Gasteiger partial charge on any atom is 0.145 e. The van der Waals surface area contributed by atoms with Gasteiger partial charge in [-0.15, -0.1) is 0 Å². The van der Waals surface area contributed by atoms with Gasteiger partial charge in [0.05, 0.1) is 31.4 Å². The number of aliphatic hydroxyl groups excluding tert-OH is 1. The Hall–Kier alpha value is -1.76. The molecule has 112 valence electrons. The standard InChI is InChI=1S/C15H20N4O2/c1-10-9-21-11(8-20)6-19(10)7-14-17-13-5-3-2-4-12(13)15(16)18-14/h2-5,10-11,20H,6-9H2,1H3,(H2,16,17,18). The lowest BCUT2D eigenvalue weighted by Gasteiger charge is -2.36. The van der Waals surface area contributed by atoms with Gasteiger partial charge in [-0.3, -0.25) is 4.90 Å². The van der Waals surface area contributed by atoms with Crippen LogP contribution in [0.15, 0.2) is 24.3 Å². The van der Waals surface area contributed by atoms with Gasteiger partial charge in [0.2, 0.25) is 0 Å². The molecule has 0 radical (unpaired) electrons. The molecule has 2 atom stereocenters. The van der Waals surface area contributed by atoms with Crippen LogP contribution in [0.5, 0.6) is 0 Å². The van der Waals surface area contributed by atoms with Crippen molar-refractivity contribution in [2.75, 3.05) is 25.5 Å². The van der Waals surface area contributed by atoms with Crippen molar-refractivity contribution in [3.63, 3.8) is 0 Å². The summed E-state index contributed by atoms with van der Waals surface area (Å²) < 4.78 is 5.54. The highest BCUT2D eigenvalue weighted by molar-refractivity contribution is 5.87. The Bertz CT molecular complexity index is 634. The fourth-order valence-corrected chi connectivity index (χ4v) is 2.61. The van der Waals surface area contributed by atoms with E-state index in [4.69, 9.17) is 10.5 Å². The van der Waals surface area contributed by atoms with Crippen LogP contribution in [0.1, 0.15) is 12.7 Å². The maximum absolute atomic E-state index is 9.24. The van der Waals surface area contributed by atoms with Gasteiger partial charge in [-0.1, -0.05) is 12.1 Å². The van der Waals surface area contributed by atoms with Gasteiger partial charge in [0.25, 0.3) is 0 Å². The molecule has 1 aliphatic heterocycles. The first-order valence-corrected chi connectivity index (χ1v) is 7.15. The lowest BCUT2D eigenvalue weighted by molar-refractivity contribution is -0.0811. The molecule has 0 spiro atoms. The third-order valence-corrected chi connectivity index (χ3v) is 3.86. The van der Waals surface area contributed by atoms with E-state index in [1.807, 2.05) is 24.3 Å². The highest BCUT2D eigenvalue weighted by Crippen LogP contribution is 2.19. The highest BCUT2D eigenvalue weighted by Gasteiger charge is 2.26. The number of fused-ring (bicyclic) bond motifs is 1. The quantitative estimate of drug-likeness (QED) is 0.869. The van der Waals surface area contributed by atoms with Crippen molar-refractivity contribution in [3.8, 4) is 0 Å². The summed E-state index contributed by atoms with van der Waals surface area (Å²) in [5.74, 6) is 1.21. The number of benzene rings is 1. The Morgan fingerprint density at radius 1 is 1.38 bits per heavy atom. The van der Waals surface area contributed by atoms with Gasteiger partial charge >= 0.3 is 0 Å². The number of anilines is 1. The zero-order valence-corrected chi connectivity index (χ0v) is 12.1. The van der Waals surface area contributed by atoms with Crippen LogP contribution in [0.25, 0.3) is 10.9 Å². The molecule has 6 heteroatoms. The van der Waals surface area contributed by atoms with E-state index in [0.29, 0.717) is 31.3 Å². The second kappa shape index (κ2) is 5.93. The minimum absolute atomic E-state index is 0.0317. The predicted octanol–water partition coefficient (Wildman–Crippen LogP) is 0.794. The van der Waals surface area contributed by atoms with Crippen LogP contribution in [-0.4, -0.2) is 51.9 Å². The Labute approximate surface area is 123 Å². The molecule has 2 heterocycles. The van der Waals surface area contributed by atoms with Crippen LogP contribution in [0, 0.1) is 0 Å². The molecule has 3 rings (SSSR count). The van der Waals surface area contributed by atoms with Crippen LogP contribution in [0.3, 0.4) is 0 Å². The summed E-state index contributed by atoms with van der Waals surface area (Å²) in [4.78, 5) is 11.2. The average molecular weight is 288 g/mol. The molecule has 1 aromatic carbocycles. The van der Waals surface area contributed by atoms with E-state index in [1.54, 1.807) is 0 Å². The first-order chi connectivity index (χ1) is 10.2. The minimum atomic E-state index is -0.140. The smallest absolute Gasteiger partial charge is 0.145 e. The Kier molecular flexibility index (Phi) is 4.01. The molecule has 0 bridgehead atoms. The van der Waals surface area contributed by atoms with Crippen LogP contribution < -0.4 is 5.73 Å². The summed E-state index contributed by atoms with van der Waals surface area (Å²) in [5.41, 5.74) is 6.88. The van der Waals surface area contributed by atoms with Crippen LogP contribution in [0.4, 0.5) is 5.82 Å². The number of nitrogen functional groups attached to an aromatic ring is 1. The average Bonchev–Trinajstić information content (AvgIpc) is 2.49. The van der Waals surface area contributed by atoms with Crippen molar-refractivity contribution in [1.29, 1.82) is 0 Å². The number of aliphatic hydroxyl groups is 1. The molecule has 21 heavy (non-hydrogen) atoms. The lowest BCUT2D eigenvalue weighted by atomic mass is 10.2. The first-order valence-electron chi connectivity index (χ1n) is 7.15. The van der Waals surface area contributed by atoms with E-state index < -0.39 is 0 Å². The topological polar surface area (TPSA) is 84.5 Å². The number of hydrogen-bond acceptors (Lipinski definition) is 6. The minimum Gasteiger partial charge on any atom is -0.394 e. The number of nitrogens with two attached hydrogens (primary N) is 1. The number of ether oxygens (including phenoxy) is 1. The number of rotatable bonds is 3. The van der Waals surface area contributed by atoms with Gasteiger partial charge in [0, 0.05) is 18.0 Å². The maximum atomic E-state index is 9.24. The van der Waals surface area contributed by atoms with Crippen LogP contribution >= 0.6 is 0 Å². The van der Waals surface area contributed by atoms with Gasteiger partial charge < -0.3 is 15.6 Å². The molecule has 1 fully saturated rings. The van der Waals surface area contributed by atoms with Crippen molar-refractivity contribution in [3.05, 3.63) is 30.1 Å². The molecule has 0 aliphatic carbocycles. The highest BCUT2D eigenvalue weighted by atomic mass is 16.5. The van der Waals surface area contributed by atoms with E-state index in [2.05, 4.69) is 21.8 Å². The number of nitrogens with zero attached hydrogens (tertiary/aromatic N) is 3. The molecule has 0 amide bonds. The summed E-state index contributed by atoms with van der Waals surface area (Å²) in [5, 5.41) is 10.1. The summed E-state index contributed by atoms with van der Waals surface area (Å²) >= 11 is 0. The molecule has 6 nitrogen and oxygen atoms in total. The van der Waals surface area contributed by atoms with Crippen molar-refractivity contribution in [1.82, 2.24) is 14.9 Å². The van der Waals surface area contributed by atoms with Gasteiger partial charge in [0.1, 0.15) is 11.6 Å². The van der Waals surface area contributed by atoms with Gasteiger partial charge in [-0.05, 0) is 19.1 Å². The largest absolute Gasteiger partial charge is 0.394 e. The van der Waals surface area contributed by atoms with E-state index >= 15 is 0 Å². The molecule has 1 aromatic heterocycles. The van der Waals surface area contributed by atoms with E-state index in [0.717, 1.165) is 10.9 Å². The molecule has 2 aromatic rings. The molecule has 3 N–H and O–H groups in total. The summed E-state index contributed by atoms with van der Waals surface area (Å²) in [6.45, 7) is 4.01. The van der Waals surface area contributed by atoms with Gasteiger partial charge in [-0.2, -0.15) is 0 Å². The predicted molar refractivity (Wildman–Crippen MR) is 80.6 cm³/mol. The summed E-state index contributed by atoms with van der Waals surface area (Å²) in [6.07, 6.45) is -0.140. The number of aromatic nitrogens is 2. The number of hydrogen-bond donors (Lipinski definition) is 2. The molecule has 0 saturated carbocycles. The molecular weight excluding hydrogens is 268 g/mol. The monoisotopic (exact) mass is 288 g/mol. The lowest BCUT2D eigenvalue weighted by Crippen LogP contribution is -2.49. The van der Waals surface area contributed by atoms with E-state index in [1.165, 1.54) is 0 Å². The molecule has 1 aliphatic rings. The van der Waals surface area contributed by atoms with Crippen LogP contribution in [-0.2, 0) is 11.3 Å². The molecule has 2 unspecified atom stereocenters. The normalized spacial score (nSPS) is 23.5. The Morgan fingerprint density at radius 2 is 2.19 bits per heavy atom. The first kappa shape index (κ1) is 14.2. The van der Waals surface area contributed by atoms with E-state index in [-0.39, 0.29) is 18.8 Å². The van der Waals surface area contributed by atoms with Crippen molar-refractivity contribution >= 4 is 16.7 Å². The SMILES string of the molecule is CC1COC(CO)CN1Cc1nc(N)c2ccccc2n1. The van der Waals surface area contributed by atoms with E-state index in [9.17, 15) is 5.11 Å². The zero-order valence-electron chi connectivity index (χ0n) is 12.1. The van der Waals surface area contributed by atoms with Crippen LogP contribution in [0.2, 0.25) is 0 Å². The Balaban J connectivity index is 1.84. The van der Waals surface area contributed by atoms with Crippen molar-refractivity contribution in [2.45, 2.75) is 25.6 Å². The van der Waals surface area contributed by atoms with Crippen molar-refractivity contribution in [2.24, 2.45) is 0 Å². The third-order valence-electron chi connectivity index (χ3n) is 3.86. The van der Waals surface area contributed by atoms with Crippen molar-refractivity contribution < 1.29 is 9.84 Å². The fourth-order valence-electron chi connectivity index (χ4n) is 2.61.